The van der Waals surface area contributed by atoms with E-state index in [4.69, 9.17) is 4.98 Å². The molecule has 0 aliphatic rings. The molecule has 0 spiro atoms. The van der Waals surface area contributed by atoms with Gasteiger partial charge in [0, 0.05) is 27.7 Å². The van der Waals surface area contributed by atoms with E-state index in [9.17, 15) is 0 Å². The summed E-state index contributed by atoms with van der Waals surface area (Å²) in [5.74, 6) is 0. The predicted octanol–water partition coefficient (Wildman–Crippen LogP) is 8.44. The molecule has 2 heteroatoms. The fourth-order valence-electron chi connectivity index (χ4n) is 6.03. The van der Waals surface area contributed by atoms with Crippen LogP contribution in [-0.2, 0) is 6.42 Å². The quantitative estimate of drug-likeness (QED) is 0.190. The number of rotatable bonds is 1. The maximum Gasteiger partial charge on any atom is 0.0823 e. The molecule has 0 saturated heterocycles. The van der Waals surface area contributed by atoms with Crippen LogP contribution in [-0.4, -0.2) is 9.38 Å². The summed E-state index contributed by atoms with van der Waals surface area (Å²) in [7, 11) is 0. The lowest BCUT2D eigenvalue weighted by molar-refractivity contribution is 0.413. The van der Waals surface area contributed by atoms with Crippen LogP contribution in [0, 0.1) is 12.3 Å². The summed E-state index contributed by atoms with van der Waals surface area (Å²) in [6, 6.07) is 24.7. The Morgan fingerprint density at radius 2 is 1.61 bits per heavy atom. The zero-order chi connectivity index (χ0) is 22.5. The van der Waals surface area contributed by atoms with Crippen LogP contribution in [0.3, 0.4) is 0 Å². The Morgan fingerprint density at radius 1 is 0.758 bits per heavy atom. The van der Waals surface area contributed by atoms with Crippen molar-refractivity contribution in [1.82, 2.24) is 9.38 Å². The first-order chi connectivity index (χ1) is 15.9. The largest absolute Gasteiger partial charge is 0.308 e. The van der Waals surface area contributed by atoms with Crippen molar-refractivity contribution >= 4 is 59.8 Å². The van der Waals surface area contributed by atoms with Gasteiger partial charge in [-0.05, 0) is 64.2 Å². The number of pyridine rings is 2. The Bertz CT molecular complexity index is 1880. The highest BCUT2D eigenvalue weighted by atomic mass is 14.9. The van der Waals surface area contributed by atoms with Crippen LogP contribution in [0.5, 0.6) is 0 Å². The van der Waals surface area contributed by atoms with E-state index in [1.165, 1.54) is 65.4 Å². The van der Waals surface area contributed by atoms with E-state index in [1.54, 1.807) is 0 Å². The van der Waals surface area contributed by atoms with Crippen molar-refractivity contribution in [2.75, 3.05) is 0 Å². The number of hydrogen-bond acceptors (Lipinski definition) is 1. The average molecular weight is 427 g/mol. The first-order valence-corrected chi connectivity index (χ1v) is 11.8. The van der Waals surface area contributed by atoms with Gasteiger partial charge in [-0.2, -0.15) is 0 Å². The molecule has 4 aromatic carbocycles. The van der Waals surface area contributed by atoms with Gasteiger partial charge in [-0.3, -0.25) is 4.98 Å². The number of fused-ring (bicyclic) bond motifs is 7. The van der Waals surface area contributed by atoms with Crippen LogP contribution in [0.2, 0.25) is 0 Å². The fraction of sp³-hybridized carbons (Fsp3) is 0.194. The predicted molar refractivity (Wildman–Crippen MR) is 142 cm³/mol. The summed E-state index contributed by atoms with van der Waals surface area (Å²) in [5.41, 5.74) is 7.95. The third kappa shape index (κ3) is 2.47. The normalized spacial score (nSPS) is 13.0. The van der Waals surface area contributed by atoms with Crippen molar-refractivity contribution in [3.8, 4) is 0 Å². The monoisotopic (exact) mass is 426 g/mol. The third-order valence-corrected chi connectivity index (χ3v) is 7.24. The minimum absolute atomic E-state index is 0.219. The molecule has 0 fully saturated rings. The number of aryl methyl sites for hydroxylation is 1. The zero-order valence-corrected chi connectivity index (χ0v) is 19.5. The lowest BCUT2D eigenvalue weighted by Gasteiger charge is -2.19. The number of aromatic nitrogens is 2. The van der Waals surface area contributed by atoms with Crippen LogP contribution in [0.1, 0.15) is 31.9 Å². The standard InChI is InChI=1S/C31H26N2/c1-18-22-10-6-5-8-20(22)16-24-28-27-19(14-15-32-28)12-13-23-26-21(17-31(2,3)4)9-7-11-25(26)33(29(18)24)30(23)27/h5-16H,17H2,1-4H3. The van der Waals surface area contributed by atoms with Crippen LogP contribution >= 0.6 is 0 Å². The van der Waals surface area contributed by atoms with Gasteiger partial charge in [-0.15, -0.1) is 0 Å². The van der Waals surface area contributed by atoms with Crippen LogP contribution in [0.15, 0.2) is 72.9 Å². The molecule has 160 valence electrons. The van der Waals surface area contributed by atoms with E-state index in [1.807, 2.05) is 6.20 Å². The van der Waals surface area contributed by atoms with E-state index < -0.39 is 0 Å². The summed E-state index contributed by atoms with van der Waals surface area (Å²) in [4.78, 5) is 4.95. The summed E-state index contributed by atoms with van der Waals surface area (Å²) in [6.45, 7) is 9.25. The molecule has 7 rings (SSSR count). The van der Waals surface area contributed by atoms with E-state index >= 15 is 0 Å². The van der Waals surface area contributed by atoms with E-state index in [0.29, 0.717) is 0 Å². The number of benzene rings is 4. The Hall–Kier alpha value is -3.65. The molecule has 3 aromatic heterocycles. The highest BCUT2D eigenvalue weighted by Gasteiger charge is 2.23. The summed E-state index contributed by atoms with van der Waals surface area (Å²) < 4.78 is 2.53. The maximum absolute atomic E-state index is 4.95. The van der Waals surface area contributed by atoms with Crippen molar-refractivity contribution in [2.45, 2.75) is 34.1 Å². The Kier molecular flexibility index (Phi) is 3.56. The second-order valence-electron chi connectivity index (χ2n) is 10.7. The second kappa shape index (κ2) is 6.23. The topological polar surface area (TPSA) is 17.3 Å². The lowest BCUT2D eigenvalue weighted by Crippen LogP contribution is -2.09. The molecule has 7 aromatic rings. The molecule has 3 heterocycles. The highest BCUT2D eigenvalue weighted by Crippen LogP contribution is 2.44. The number of nitrogens with zero attached hydrogens (tertiary/aromatic N) is 2. The molecule has 0 amide bonds. The summed E-state index contributed by atoms with van der Waals surface area (Å²) in [5, 5.41) is 9.07. The Morgan fingerprint density at radius 3 is 2.45 bits per heavy atom. The van der Waals surface area contributed by atoms with Gasteiger partial charge in [-0.1, -0.05) is 69.3 Å². The fourth-order valence-corrected chi connectivity index (χ4v) is 6.03. The van der Waals surface area contributed by atoms with Gasteiger partial charge >= 0.3 is 0 Å². The van der Waals surface area contributed by atoms with Crippen molar-refractivity contribution < 1.29 is 0 Å². The second-order valence-corrected chi connectivity index (χ2v) is 10.7. The Labute approximate surface area is 192 Å². The van der Waals surface area contributed by atoms with E-state index in [0.717, 1.165) is 11.9 Å². The van der Waals surface area contributed by atoms with Gasteiger partial charge in [0.2, 0.25) is 0 Å². The van der Waals surface area contributed by atoms with Gasteiger partial charge in [0.1, 0.15) is 0 Å². The zero-order valence-electron chi connectivity index (χ0n) is 19.5. The van der Waals surface area contributed by atoms with Crippen LogP contribution in [0.25, 0.3) is 59.8 Å². The lowest BCUT2D eigenvalue weighted by atomic mass is 9.86. The molecule has 0 radical (unpaired) electrons. The molecule has 0 aliphatic heterocycles. The molecule has 0 saturated carbocycles. The van der Waals surface area contributed by atoms with E-state index in [2.05, 4.69) is 98.8 Å². The van der Waals surface area contributed by atoms with Gasteiger partial charge in [0.05, 0.1) is 22.1 Å². The molecular weight excluding hydrogens is 400 g/mol. The molecule has 0 aliphatic carbocycles. The summed E-state index contributed by atoms with van der Waals surface area (Å²) in [6.07, 6.45) is 3.01. The molecule has 0 atom stereocenters. The van der Waals surface area contributed by atoms with E-state index in [-0.39, 0.29) is 5.41 Å². The summed E-state index contributed by atoms with van der Waals surface area (Å²) >= 11 is 0. The Balaban J connectivity index is 1.84. The van der Waals surface area contributed by atoms with Crippen LogP contribution < -0.4 is 0 Å². The molecule has 0 N–H and O–H groups in total. The highest BCUT2D eigenvalue weighted by molar-refractivity contribution is 6.29. The molecule has 0 bridgehead atoms. The molecule has 0 unspecified atom stereocenters. The van der Waals surface area contributed by atoms with Crippen molar-refractivity contribution in [1.29, 1.82) is 0 Å². The van der Waals surface area contributed by atoms with Gasteiger partial charge in [0.15, 0.2) is 0 Å². The van der Waals surface area contributed by atoms with Crippen molar-refractivity contribution in [2.24, 2.45) is 5.41 Å². The average Bonchev–Trinajstić information content (AvgIpc) is 3.14. The third-order valence-electron chi connectivity index (χ3n) is 7.24. The number of hydrogen-bond donors (Lipinski definition) is 0. The van der Waals surface area contributed by atoms with Gasteiger partial charge < -0.3 is 4.40 Å². The minimum Gasteiger partial charge on any atom is -0.308 e. The maximum atomic E-state index is 4.95. The van der Waals surface area contributed by atoms with Crippen LogP contribution in [0.4, 0.5) is 0 Å². The first-order valence-electron chi connectivity index (χ1n) is 11.8. The van der Waals surface area contributed by atoms with Gasteiger partial charge in [0.25, 0.3) is 0 Å². The molecular formula is C31H26N2. The molecule has 33 heavy (non-hydrogen) atoms. The SMILES string of the molecule is Cc1c2ccccc2cc2c3nccc4ccc5c6c(CC(C)(C)C)cccc6n(c12)c5c43. The molecule has 2 nitrogen and oxygen atoms in total. The smallest absolute Gasteiger partial charge is 0.0823 e. The van der Waals surface area contributed by atoms with Crippen molar-refractivity contribution in [3.63, 3.8) is 0 Å². The van der Waals surface area contributed by atoms with Gasteiger partial charge in [-0.25, -0.2) is 0 Å². The first kappa shape index (κ1) is 18.9. The van der Waals surface area contributed by atoms with Crippen molar-refractivity contribution in [3.05, 3.63) is 84.1 Å². The minimum atomic E-state index is 0.219.